The number of carbonyl (C=O) groups excluding carboxylic acids is 1. The standard InChI is InChI=1S/C17H29F2N3O2/c1-15(2,3)24-14(23)21-8-5-16(6-9-21)11-22(12-16)13-4-7-20-10-17(13,18)19/h13,20H,4-12H2,1-3H3. The smallest absolute Gasteiger partial charge is 0.410 e. The number of hydrogen-bond acceptors (Lipinski definition) is 4. The monoisotopic (exact) mass is 345 g/mol. The molecule has 0 aromatic carbocycles. The van der Waals surface area contributed by atoms with Crippen LogP contribution in [0.15, 0.2) is 0 Å². The number of carbonyl (C=O) groups is 1. The average molecular weight is 345 g/mol. The normalized spacial score (nSPS) is 30.0. The highest BCUT2D eigenvalue weighted by atomic mass is 19.3. The largest absolute Gasteiger partial charge is 0.444 e. The van der Waals surface area contributed by atoms with Crippen LogP contribution in [0.3, 0.4) is 0 Å². The summed E-state index contributed by atoms with van der Waals surface area (Å²) in [4.78, 5) is 15.8. The van der Waals surface area contributed by atoms with Gasteiger partial charge >= 0.3 is 6.09 Å². The first-order valence-electron chi connectivity index (χ1n) is 8.91. The summed E-state index contributed by atoms with van der Waals surface area (Å²) >= 11 is 0. The third kappa shape index (κ3) is 3.67. The summed E-state index contributed by atoms with van der Waals surface area (Å²) in [6.45, 7) is 8.81. The second kappa shape index (κ2) is 6.09. The number of piperidine rings is 2. The minimum Gasteiger partial charge on any atom is -0.444 e. The summed E-state index contributed by atoms with van der Waals surface area (Å²) in [6.07, 6.45) is 1.99. The third-order valence-corrected chi connectivity index (χ3v) is 5.44. The Morgan fingerprint density at radius 2 is 1.83 bits per heavy atom. The van der Waals surface area contributed by atoms with Crippen LogP contribution in [-0.2, 0) is 4.74 Å². The molecule has 5 nitrogen and oxygen atoms in total. The van der Waals surface area contributed by atoms with Crippen molar-refractivity contribution < 1.29 is 18.3 Å². The summed E-state index contributed by atoms with van der Waals surface area (Å²) in [5, 5.41) is 2.78. The molecule has 0 radical (unpaired) electrons. The van der Waals surface area contributed by atoms with Gasteiger partial charge in [-0.2, -0.15) is 0 Å². The molecule has 3 aliphatic rings. The molecule has 1 spiro atoms. The van der Waals surface area contributed by atoms with Crippen molar-refractivity contribution in [2.24, 2.45) is 5.41 Å². The summed E-state index contributed by atoms with van der Waals surface area (Å²) in [6, 6.07) is -0.631. The number of alkyl halides is 2. The molecule has 1 amide bonds. The average Bonchev–Trinajstić information content (AvgIpc) is 2.43. The first kappa shape index (κ1) is 17.9. The highest BCUT2D eigenvalue weighted by molar-refractivity contribution is 5.68. The van der Waals surface area contributed by atoms with E-state index in [1.165, 1.54) is 0 Å². The van der Waals surface area contributed by atoms with Gasteiger partial charge in [0, 0.05) is 26.2 Å². The number of nitrogens with one attached hydrogen (secondary N) is 1. The predicted octanol–water partition coefficient (Wildman–Crippen LogP) is 2.32. The summed E-state index contributed by atoms with van der Waals surface area (Å²) in [5.74, 6) is -2.64. The van der Waals surface area contributed by atoms with E-state index in [4.69, 9.17) is 4.74 Å². The van der Waals surface area contributed by atoms with Gasteiger partial charge in [0.05, 0.1) is 12.6 Å². The fraction of sp³-hybridized carbons (Fsp3) is 0.941. The molecule has 0 bridgehead atoms. The van der Waals surface area contributed by atoms with E-state index in [1.54, 1.807) is 4.90 Å². The van der Waals surface area contributed by atoms with Crippen LogP contribution in [0.1, 0.15) is 40.0 Å². The predicted molar refractivity (Wildman–Crippen MR) is 87.3 cm³/mol. The second-order valence-electron chi connectivity index (χ2n) is 8.61. The number of halogens is 2. The molecule has 1 atom stereocenters. The van der Waals surface area contributed by atoms with E-state index in [1.807, 2.05) is 25.7 Å². The van der Waals surface area contributed by atoms with Crippen LogP contribution in [0, 0.1) is 5.41 Å². The maximum Gasteiger partial charge on any atom is 0.410 e. The number of ether oxygens (including phenoxy) is 1. The molecule has 1 unspecified atom stereocenters. The first-order valence-corrected chi connectivity index (χ1v) is 8.91. The zero-order chi connectivity index (χ0) is 17.6. The van der Waals surface area contributed by atoms with Crippen LogP contribution in [0.4, 0.5) is 13.6 Å². The van der Waals surface area contributed by atoms with Crippen molar-refractivity contribution in [1.29, 1.82) is 0 Å². The molecule has 3 saturated heterocycles. The molecular weight excluding hydrogens is 316 g/mol. The molecule has 3 fully saturated rings. The number of nitrogens with zero attached hydrogens (tertiary/aromatic N) is 2. The van der Waals surface area contributed by atoms with Gasteiger partial charge in [0.25, 0.3) is 5.92 Å². The van der Waals surface area contributed by atoms with Crippen LogP contribution >= 0.6 is 0 Å². The van der Waals surface area contributed by atoms with Crippen LogP contribution < -0.4 is 5.32 Å². The summed E-state index contributed by atoms with van der Waals surface area (Å²) in [7, 11) is 0. The zero-order valence-electron chi connectivity index (χ0n) is 14.9. The lowest BCUT2D eigenvalue weighted by molar-refractivity contribution is -0.155. The van der Waals surface area contributed by atoms with E-state index < -0.39 is 17.6 Å². The fourth-order valence-electron chi connectivity index (χ4n) is 4.11. The van der Waals surface area contributed by atoms with Crippen molar-refractivity contribution in [2.75, 3.05) is 39.3 Å². The second-order valence-corrected chi connectivity index (χ2v) is 8.61. The Bertz CT molecular complexity index is 477. The van der Waals surface area contributed by atoms with Crippen molar-refractivity contribution >= 4 is 6.09 Å². The topological polar surface area (TPSA) is 44.8 Å². The van der Waals surface area contributed by atoms with Crippen LogP contribution in [0.25, 0.3) is 0 Å². The van der Waals surface area contributed by atoms with Gasteiger partial charge in [0.2, 0.25) is 0 Å². The Labute approximate surface area is 142 Å². The molecule has 3 rings (SSSR count). The number of hydrogen-bond donors (Lipinski definition) is 1. The van der Waals surface area contributed by atoms with E-state index in [-0.39, 0.29) is 18.1 Å². The Balaban J connectivity index is 1.49. The van der Waals surface area contributed by atoms with Gasteiger partial charge in [-0.1, -0.05) is 0 Å². The lowest BCUT2D eigenvalue weighted by atomic mass is 9.70. The quantitative estimate of drug-likeness (QED) is 0.792. The summed E-state index contributed by atoms with van der Waals surface area (Å²) < 4.78 is 33.5. The number of amides is 1. The fourth-order valence-corrected chi connectivity index (χ4v) is 4.11. The minimum atomic E-state index is -2.64. The van der Waals surface area contributed by atoms with E-state index >= 15 is 0 Å². The molecule has 24 heavy (non-hydrogen) atoms. The van der Waals surface area contributed by atoms with E-state index in [0.717, 1.165) is 25.9 Å². The van der Waals surface area contributed by atoms with Gasteiger partial charge in [-0.15, -0.1) is 0 Å². The number of rotatable bonds is 1. The molecule has 7 heteroatoms. The van der Waals surface area contributed by atoms with Crippen molar-refractivity contribution in [3.63, 3.8) is 0 Å². The molecule has 1 N–H and O–H groups in total. The van der Waals surface area contributed by atoms with Crippen LogP contribution in [0.5, 0.6) is 0 Å². The van der Waals surface area contributed by atoms with Crippen molar-refractivity contribution in [2.45, 2.75) is 57.6 Å². The number of likely N-dealkylation sites (tertiary alicyclic amines) is 2. The summed E-state index contributed by atoms with van der Waals surface area (Å²) in [5.41, 5.74) is -0.375. The van der Waals surface area contributed by atoms with Gasteiger partial charge in [-0.25, -0.2) is 13.6 Å². The Kier molecular flexibility index (Phi) is 4.53. The van der Waals surface area contributed by atoms with E-state index in [0.29, 0.717) is 26.1 Å². The van der Waals surface area contributed by atoms with Gasteiger partial charge < -0.3 is 15.0 Å². The third-order valence-electron chi connectivity index (χ3n) is 5.44. The van der Waals surface area contributed by atoms with Gasteiger partial charge in [-0.05, 0) is 52.0 Å². The van der Waals surface area contributed by atoms with Gasteiger partial charge in [-0.3, -0.25) is 4.90 Å². The van der Waals surface area contributed by atoms with E-state index in [2.05, 4.69) is 5.32 Å². The molecule has 3 aliphatic heterocycles. The van der Waals surface area contributed by atoms with Crippen LogP contribution in [0.2, 0.25) is 0 Å². The Morgan fingerprint density at radius 1 is 1.21 bits per heavy atom. The van der Waals surface area contributed by atoms with Gasteiger partial charge in [0.15, 0.2) is 0 Å². The first-order chi connectivity index (χ1) is 11.1. The van der Waals surface area contributed by atoms with E-state index in [9.17, 15) is 13.6 Å². The maximum atomic E-state index is 14.0. The lowest BCUT2D eigenvalue weighted by Gasteiger charge is -2.57. The zero-order valence-corrected chi connectivity index (χ0v) is 14.9. The van der Waals surface area contributed by atoms with Crippen LogP contribution in [-0.4, -0.2) is 72.7 Å². The molecule has 138 valence electrons. The molecular formula is C17H29F2N3O2. The van der Waals surface area contributed by atoms with Crippen molar-refractivity contribution in [3.05, 3.63) is 0 Å². The lowest BCUT2D eigenvalue weighted by Crippen LogP contribution is -2.68. The van der Waals surface area contributed by atoms with Crippen molar-refractivity contribution in [1.82, 2.24) is 15.1 Å². The van der Waals surface area contributed by atoms with Crippen molar-refractivity contribution in [3.8, 4) is 0 Å². The molecule has 0 aromatic rings. The highest BCUT2D eigenvalue weighted by Gasteiger charge is 2.54. The molecule has 0 aromatic heterocycles. The minimum absolute atomic E-state index is 0.111. The Hall–Kier alpha value is -0.950. The SMILES string of the molecule is CC(C)(C)OC(=O)N1CCC2(CC1)CN(C1CCNCC1(F)F)C2. The highest BCUT2D eigenvalue weighted by Crippen LogP contribution is 2.44. The molecule has 0 saturated carbocycles. The molecule has 0 aliphatic carbocycles. The Morgan fingerprint density at radius 3 is 2.38 bits per heavy atom. The molecule has 3 heterocycles. The van der Waals surface area contributed by atoms with Gasteiger partial charge in [0.1, 0.15) is 5.60 Å². The maximum absolute atomic E-state index is 14.0.